The lowest BCUT2D eigenvalue weighted by Crippen LogP contribution is -2.58. The van der Waals surface area contributed by atoms with Gasteiger partial charge in [-0.05, 0) is 56.3 Å². The molecule has 4 heteroatoms. The van der Waals surface area contributed by atoms with Crippen LogP contribution < -0.4 is 0 Å². The normalized spacial score (nSPS) is 41.5. The Morgan fingerprint density at radius 1 is 0.810 bits per heavy atom. The highest BCUT2D eigenvalue weighted by Gasteiger charge is 2.55. The average Bonchev–Trinajstić information content (AvgIpc) is 2.45. The molecule has 2 amide bonds. The molecule has 21 heavy (non-hydrogen) atoms. The third-order valence-electron chi connectivity index (χ3n) is 6.50. The first-order valence-corrected chi connectivity index (χ1v) is 8.61. The lowest BCUT2D eigenvalue weighted by atomic mass is 9.49. The summed E-state index contributed by atoms with van der Waals surface area (Å²) < 4.78 is 0. The lowest BCUT2D eigenvalue weighted by Gasteiger charge is -2.57. The van der Waals surface area contributed by atoms with Crippen molar-refractivity contribution >= 4 is 11.8 Å². The molecule has 5 rings (SSSR count). The van der Waals surface area contributed by atoms with Gasteiger partial charge in [0.05, 0.1) is 5.41 Å². The highest BCUT2D eigenvalue weighted by atomic mass is 16.2. The zero-order chi connectivity index (χ0) is 14.6. The van der Waals surface area contributed by atoms with E-state index in [9.17, 15) is 9.59 Å². The molecule has 5 fully saturated rings. The second-order valence-corrected chi connectivity index (χ2v) is 8.00. The predicted octanol–water partition coefficient (Wildman–Crippen LogP) is 1.89. The molecule has 0 spiro atoms. The van der Waals surface area contributed by atoms with E-state index >= 15 is 0 Å². The van der Waals surface area contributed by atoms with Crippen molar-refractivity contribution in [3.63, 3.8) is 0 Å². The maximum atomic E-state index is 13.2. The Kier molecular flexibility index (Phi) is 3.05. The van der Waals surface area contributed by atoms with Crippen LogP contribution in [0.3, 0.4) is 0 Å². The van der Waals surface area contributed by atoms with Crippen molar-refractivity contribution in [2.75, 3.05) is 26.2 Å². The topological polar surface area (TPSA) is 40.6 Å². The molecule has 0 unspecified atom stereocenters. The first kappa shape index (κ1) is 13.6. The fraction of sp³-hybridized carbons (Fsp3) is 0.882. The van der Waals surface area contributed by atoms with Gasteiger partial charge in [-0.25, -0.2) is 0 Å². The van der Waals surface area contributed by atoms with E-state index < -0.39 is 0 Å². The molecule has 0 aromatic heterocycles. The van der Waals surface area contributed by atoms with E-state index in [0.29, 0.717) is 19.0 Å². The molecule has 0 N–H and O–H groups in total. The van der Waals surface area contributed by atoms with Crippen molar-refractivity contribution in [1.29, 1.82) is 0 Å². The zero-order valence-electron chi connectivity index (χ0n) is 13.0. The fourth-order valence-corrected chi connectivity index (χ4v) is 5.93. The van der Waals surface area contributed by atoms with Crippen LogP contribution in [-0.2, 0) is 9.59 Å². The number of nitrogens with zero attached hydrogens (tertiary/aromatic N) is 2. The number of carbonyl (C=O) groups is 2. The summed E-state index contributed by atoms with van der Waals surface area (Å²) in [5.74, 6) is 3.01. The van der Waals surface area contributed by atoms with Crippen molar-refractivity contribution in [2.24, 2.45) is 23.2 Å². The Labute approximate surface area is 126 Å². The van der Waals surface area contributed by atoms with Crippen LogP contribution in [0.15, 0.2) is 0 Å². The Hall–Kier alpha value is -1.06. The highest BCUT2D eigenvalue weighted by Crippen LogP contribution is 2.60. The molecule has 4 aliphatic carbocycles. The summed E-state index contributed by atoms with van der Waals surface area (Å²) in [5.41, 5.74) is -0.0207. The van der Waals surface area contributed by atoms with E-state index in [1.165, 1.54) is 19.3 Å². The van der Waals surface area contributed by atoms with E-state index in [-0.39, 0.29) is 11.3 Å². The quantitative estimate of drug-likeness (QED) is 0.740. The monoisotopic (exact) mass is 290 g/mol. The number of rotatable bonds is 1. The van der Waals surface area contributed by atoms with E-state index in [2.05, 4.69) is 4.90 Å². The average molecular weight is 290 g/mol. The lowest BCUT2D eigenvalue weighted by molar-refractivity contribution is -0.160. The first-order chi connectivity index (χ1) is 10.1. The van der Waals surface area contributed by atoms with Crippen molar-refractivity contribution < 1.29 is 9.59 Å². The summed E-state index contributed by atoms with van der Waals surface area (Å²) in [6, 6.07) is 0. The van der Waals surface area contributed by atoms with Gasteiger partial charge >= 0.3 is 0 Å². The van der Waals surface area contributed by atoms with E-state index in [0.717, 1.165) is 50.1 Å². The summed E-state index contributed by atoms with van der Waals surface area (Å²) in [7, 11) is 0. The van der Waals surface area contributed by atoms with Crippen molar-refractivity contribution in [3.8, 4) is 0 Å². The standard InChI is InChI=1S/C17H26N2O2/c1-12(20)18-2-4-19(5-3-18)16(21)17-9-13-6-14(10-17)8-15(7-13)11-17/h13-15H,2-11H2,1H3. The number of amides is 2. The van der Waals surface area contributed by atoms with Crippen LogP contribution in [0.2, 0.25) is 0 Å². The smallest absolute Gasteiger partial charge is 0.228 e. The predicted molar refractivity (Wildman–Crippen MR) is 79.4 cm³/mol. The molecule has 4 saturated carbocycles. The SMILES string of the molecule is CC(=O)N1CCN(C(=O)C23CC4CC(CC(C4)C2)C3)CC1. The minimum Gasteiger partial charge on any atom is -0.339 e. The molecule has 1 saturated heterocycles. The van der Waals surface area contributed by atoms with Gasteiger partial charge in [-0.2, -0.15) is 0 Å². The minimum atomic E-state index is -0.0207. The third-order valence-corrected chi connectivity index (χ3v) is 6.50. The second kappa shape index (κ2) is 4.72. The molecule has 0 radical (unpaired) electrons. The molecule has 1 aliphatic heterocycles. The maximum absolute atomic E-state index is 13.2. The molecule has 0 aromatic carbocycles. The van der Waals surface area contributed by atoms with E-state index in [4.69, 9.17) is 0 Å². The molecule has 0 aromatic rings. The van der Waals surface area contributed by atoms with Gasteiger partial charge in [-0.15, -0.1) is 0 Å². The third kappa shape index (κ3) is 2.18. The molecule has 4 bridgehead atoms. The van der Waals surface area contributed by atoms with E-state index in [1.54, 1.807) is 6.92 Å². The Bertz CT molecular complexity index is 430. The molecule has 0 atom stereocenters. The van der Waals surface area contributed by atoms with Crippen LogP contribution in [0.25, 0.3) is 0 Å². The molecule has 1 heterocycles. The zero-order valence-corrected chi connectivity index (χ0v) is 13.0. The van der Waals surface area contributed by atoms with Gasteiger partial charge in [0.25, 0.3) is 0 Å². The number of hydrogen-bond acceptors (Lipinski definition) is 2. The number of hydrogen-bond donors (Lipinski definition) is 0. The van der Waals surface area contributed by atoms with Crippen molar-refractivity contribution in [2.45, 2.75) is 45.4 Å². The van der Waals surface area contributed by atoms with Crippen molar-refractivity contribution in [3.05, 3.63) is 0 Å². The van der Waals surface area contributed by atoms with Crippen LogP contribution in [0.4, 0.5) is 0 Å². The summed E-state index contributed by atoms with van der Waals surface area (Å²) in [6.07, 6.45) is 7.57. The minimum absolute atomic E-state index is 0.0207. The van der Waals surface area contributed by atoms with Crippen LogP contribution in [-0.4, -0.2) is 47.8 Å². The Morgan fingerprint density at radius 2 is 1.24 bits per heavy atom. The van der Waals surface area contributed by atoms with E-state index in [1.807, 2.05) is 4.90 Å². The Morgan fingerprint density at radius 3 is 1.67 bits per heavy atom. The first-order valence-electron chi connectivity index (χ1n) is 8.61. The molecule has 5 aliphatic rings. The highest BCUT2D eigenvalue weighted by molar-refractivity contribution is 5.83. The number of piperazine rings is 1. The summed E-state index contributed by atoms with van der Waals surface area (Å²) in [4.78, 5) is 28.5. The van der Waals surface area contributed by atoms with Gasteiger partial charge in [0, 0.05) is 33.1 Å². The number of carbonyl (C=O) groups excluding carboxylic acids is 2. The Balaban J connectivity index is 1.47. The van der Waals surface area contributed by atoms with Crippen LogP contribution in [0.5, 0.6) is 0 Å². The largest absolute Gasteiger partial charge is 0.339 e. The maximum Gasteiger partial charge on any atom is 0.228 e. The molecule has 116 valence electrons. The molecular weight excluding hydrogens is 264 g/mol. The van der Waals surface area contributed by atoms with Gasteiger partial charge in [-0.3, -0.25) is 9.59 Å². The second-order valence-electron chi connectivity index (χ2n) is 8.00. The molecular formula is C17H26N2O2. The van der Waals surface area contributed by atoms with Crippen LogP contribution in [0, 0.1) is 23.2 Å². The van der Waals surface area contributed by atoms with Gasteiger partial charge in [-0.1, -0.05) is 0 Å². The summed E-state index contributed by atoms with van der Waals surface area (Å²) >= 11 is 0. The van der Waals surface area contributed by atoms with Crippen LogP contribution >= 0.6 is 0 Å². The fourth-order valence-electron chi connectivity index (χ4n) is 5.93. The van der Waals surface area contributed by atoms with Crippen molar-refractivity contribution in [1.82, 2.24) is 9.80 Å². The summed E-state index contributed by atoms with van der Waals surface area (Å²) in [5, 5.41) is 0. The summed E-state index contributed by atoms with van der Waals surface area (Å²) in [6.45, 7) is 4.53. The van der Waals surface area contributed by atoms with Gasteiger partial charge in [0.2, 0.25) is 11.8 Å². The van der Waals surface area contributed by atoms with Gasteiger partial charge in [0.1, 0.15) is 0 Å². The van der Waals surface area contributed by atoms with Gasteiger partial charge < -0.3 is 9.80 Å². The van der Waals surface area contributed by atoms with Gasteiger partial charge in [0.15, 0.2) is 0 Å². The van der Waals surface area contributed by atoms with Crippen LogP contribution in [0.1, 0.15) is 45.4 Å². The molecule has 4 nitrogen and oxygen atoms in total.